The van der Waals surface area contributed by atoms with Crippen LogP contribution < -0.4 is 10.6 Å². The molecule has 1 fully saturated rings. The van der Waals surface area contributed by atoms with Gasteiger partial charge in [0.2, 0.25) is 0 Å². The van der Waals surface area contributed by atoms with E-state index in [0.717, 1.165) is 25.9 Å². The molecule has 0 saturated carbocycles. The number of carbonyl (C=O) groups is 1. The maximum atomic E-state index is 12.2. The Hall–Kier alpha value is -1.89. The van der Waals surface area contributed by atoms with Crippen LogP contribution in [0.5, 0.6) is 0 Å². The number of aryl methyl sites for hydroxylation is 2. The summed E-state index contributed by atoms with van der Waals surface area (Å²) in [6.45, 7) is 5.27. The number of rotatable bonds is 2. The van der Waals surface area contributed by atoms with E-state index in [9.17, 15) is 4.79 Å². The lowest BCUT2D eigenvalue weighted by Crippen LogP contribution is -2.46. The number of piperidine rings is 1. The Balaban J connectivity index is 1.67. The third-order valence-electron chi connectivity index (χ3n) is 3.81. The van der Waals surface area contributed by atoms with Gasteiger partial charge < -0.3 is 20.0 Å². The summed E-state index contributed by atoms with van der Waals surface area (Å²) in [6, 6.07) is 0. The van der Waals surface area contributed by atoms with E-state index < -0.39 is 0 Å². The van der Waals surface area contributed by atoms with Gasteiger partial charge in [0, 0.05) is 13.0 Å². The first-order valence-corrected chi connectivity index (χ1v) is 6.80. The van der Waals surface area contributed by atoms with Crippen LogP contribution in [-0.4, -0.2) is 35.5 Å². The molecule has 2 N–H and O–H groups in total. The zero-order chi connectivity index (χ0) is 14.2. The van der Waals surface area contributed by atoms with Crippen molar-refractivity contribution in [2.45, 2.75) is 38.7 Å². The van der Waals surface area contributed by atoms with Gasteiger partial charge in [-0.25, -0.2) is 0 Å². The molecule has 1 spiro atoms. The minimum atomic E-state index is -0.344. The molecular weight excluding hydrogens is 260 g/mol. The average molecular weight is 278 g/mol. The van der Waals surface area contributed by atoms with Crippen molar-refractivity contribution in [2.24, 2.45) is 5.16 Å². The SMILES string of the molecule is Cc1noc(C)c1NC(=O)C1=NO[C@@]2(CCCNC2)C1. The summed E-state index contributed by atoms with van der Waals surface area (Å²) in [5.74, 6) is 0.339. The fourth-order valence-electron chi connectivity index (χ4n) is 2.66. The summed E-state index contributed by atoms with van der Waals surface area (Å²) in [7, 11) is 0. The van der Waals surface area contributed by atoms with E-state index in [1.54, 1.807) is 13.8 Å². The van der Waals surface area contributed by atoms with Gasteiger partial charge in [0.05, 0.1) is 0 Å². The van der Waals surface area contributed by atoms with E-state index in [1.807, 2.05) is 0 Å². The van der Waals surface area contributed by atoms with Gasteiger partial charge in [-0.1, -0.05) is 10.3 Å². The molecule has 1 amide bonds. The molecule has 0 bridgehead atoms. The highest BCUT2D eigenvalue weighted by molar-refractivity contribution is 6.43. The Labute approximate surface area is 116 Å². The Morgan fingerprint density at radius 2 is 2.30 bits per heavy atom. The molecule has 1 saturated heterocycles. The second-order valence-corrected chi connectivity index (χ2v) is 5.42. The van der Waals surface area contributed by atoms with Gasteiger partial charge in [-0.05, 0) is 33.2 Å². The molecule has 0 aliphatic carbocycles. The monoisotopic (exact) mass is 278 g/mol. The topological polar surface area (TPSA) is 88.8 Å². The predicted octanol–water partition coefficient (Wildman–Crippen LogP) is 1.13. The molecule has 7 heteroatoms. The molecule has 0 radical (unpaired) electrons. The van der Waals surface area contributed by atoms with E-state index in [1.165, 1.54) is 0 Å². The lowest BCUT2D eigenvalue weighted by atomic mass is 9.89. The zero-order valence-corrected chi connectivity index (χ0v) is 11.7. The first kappa shape index (κ1) is 13.1. The fourth-order valence-corrected chi connectivity index (χ4v) is 2.66. The minimum Gasteiger partial charge on any atom is -0.387 e. The highest BCUT2D eigenvalue weighted by atomic mass is 16.7. The summed E-state index contributed by atoms with van der Waals surface area (Å²) in [5, 5.41) is 13.9. The Kier molecular flexibility index (Phi) is 3.21. The predicted molar refractivity (Wildman–Crippen MR) is 72.6 cm³/mol. The largest absolute Gasteiger partial charge is 0.387 e. The lowest BCUT2D eigenvalue weighted by molar-refractivity contribution is -0.110. The van der Waals surface area contributed by atoms with Crippen molar-refractivity contribution < 1.29 is 14.2 Å². The summed E-state index contributed by atoms with van der Waals surface area (Å²) in [4.78, 5) is 17.8. The number of nitrogens with zero attached hydrogens (tertiary/aromatic N) is 2. The van der Waals surface area contributed by atoms with E-state index >= 15 is 0 Å². The van der Waals surface area contributed by atoms with Crippen molar-refractivity contribution in [3.05, 3.63) is 11.5 Å². The summed E-state index contributed by atoms with van der Waals surface area (Å²) in [6.07, 6.45) is 2.50. The van der Waals surface area contributed by atoms with Gasteiger partial charge >= 0.3 is 0 Å². The van der Waals surface area contributed by atoms with Crippen molar-refractivity contribution in [3.8, 4) is 0 Å². The molecule has 3 heterocycles. The van der Waals surface area contributed by atoms with Crippen LogP contribution in [0.15, 0.2) is 9.68 Å². The van der Waals surface area contributed by atoms with Gasteiger partial charge in [0.25, 0.3) is 5.91 Å². The van der Waals surface area contributed by atoms with Gasteiger partial charge in [-0.2, -0.15) is 0 Å². The zero-order valence-electron chi connectivity index (χ0n) is 11.7. The van der Waals surface area contributed by atoms with Crippen molar-refractivity contribution >= 4 is 17.3 Å². The number of aromatic nitrogens is 1. The van der Waals surface area contributed by atoms with Crippen LogP contribution in [-0.2, 0) is 9.63 Å². The molecule has 2 aliphatic rings. The van der Waals surface area contributed by atoms with E-state index in [-0.39, 0.29) is 11.5 Å². The first-order valence-electron chi connectivity index (χ1n) is 6.80. The van der Waals surface area contributed by atoms with Crippen LogP contribution >= 0.6 is 0 Å². The van der Waals surface area contributed by atoms with Crippen molar-refractivity contribution in [3.63, 3.8) is 0 Å². The Bertz CT molecular complexity index is 538. The minimum absolute atomic E-state index is 0.248. The molecule has 20 heavy (non-hydrogen) atoms. The number of anilines is 1. The maximum absolute atomic E-state index is 12.2. The van der Waals surface area contributed by atoms with E-state index in [4.69, 9.17) is 9.36 Å². The molecule has 108 valence electrons. The number of hydrogen-bond donors (Lipinski definition) is 2. The van der Waals surface area contributed by atoms with E-state index in [2.05, 4.69) is 20.9 Å². The second-order valence-electron chi connectivity index (χ2n) is 5.42. The number of oxime groups is 1. The van der Waals surface area contributed by atoms with Crippen LogP contribution in [0, 0.1) is 13.8 Å². The number of amides is 1. The van der Waals surface area contributed by atoms with Crippen LogP contribution in [0.2, 0.25) is 0 Å². The van der Waals surface area contributed by atoms with Crippen molar-refractivity contribution in [2.75, 3.05) is 18.4 Å². The van der Waals surface area contributed by atoms with E-state index in [0.29, 0.717) is 29.3 Å². The first-order chi connectivity index (χ1) is 9.60. The third kappa shape index (κ3) is 2.29. The Morgan fingerprint density at radius 1 is 1.45 bits per heavy atom. The molecule has 2 aliphatic heterocycles. The molecule has 0 unspecified atom stereocenters. The van der Waals surface area contributed by atoms with Gasteiger partial charge in [0.1, 0.15) is 17.1 Å². The van der Waals surface area contributed by atoms with Crippen LogP contribution in [0.3, 0.4) is 0 Å². The molecule has 1 aromatic rings. The van der Waals surface area contributed by atoms with Crippen molar-refractivity contribution in [1.29, 1.82) is 0 Å². The van der Waals surface area contributed by atoms with Crippen LogP contribution in [0.4, 0.5) is 5.69 Å². The second kappa shape index (κ2) is 4.90. The summed E-state index contributed by atoms with van der Waals surface area (Å²) < 4.78 is 5.02. The average Bonchev–Trinajstić information content (AvgIpc) is 2.98. The quantitative estimate of drug-likeness (QED) is 0.846. The van der Waals surface area contributed by atoms with Crippen molar-refractivity contribution in [1.82, 2.24) is 10.5 Å². The van der Waals surface area contributed by atoms with Crippen LogP contribution in [0.25, 0.3) is 0 Å². The highest BCUT2D eigenvalue weighted by Gasteiger charge is 2.42. The summed E-state index contributed by atoms with van der Waals surface area (Å²) in [5.41, 5.74) is 1.35. The number of carbonyl (C=O) groups excluding carboxylic acids is 1. The number of hydrogen-bond acceptors (Lipinski definition) is 6. The molecule has 3 rings (SSSR count). The highest BCUT2D eigenvalue weighted by Crippen LogP contribution is 2.31. The molecule has 0 aromatic carbocycles. The lowest BCUT2D eigenvalue weighted by Gasteiger charge is -2.30. The molecular formula is C13H18N4O3. The third-order valence-corrected chi connectivity index (χ3v) is 3.81. The standard InChI is InChI=1S/C13H18N4O3/c1-8-11(9(2)19-16-8)15-12(18)10-6-13(20-17-10)4-3-5-14-7-13/h14H,3-7H2,1-2H3,(H,15,18)/t13-/m0/s1. The Morgan fingerprint density at radius 3 is 2.95 bits per heavy atom. The smallest absolute Gasteiger partial charge is 0.273 e. The van der Waals surface area contributed by atoms with Crippen LogP contribution in [0.1, 0.15) is 30.7 Å². The maximum Gasteiger partial charge on any atom is 0.273 e. The van der Waals surface area contributed by atoms with Gasteiger partial charge in [-0.15, -0.1) is 0 Å². The molecule has 1 aromatic heterocycles. The molecule has 1 atom stereocenters. The fraction of sp³-hybridized carbons (Fsp3) is 0.615. The van der Waals surface area contributed by atoms with Gasteiger partial charge in [0.15, 0.2) is 11.4 Å². The summed E-state index contributed by atoms with van der Waals surface area (Å²) >= 11 is 0. The number of nitrogens with one attached hydrogen (secondary N) is 2. The molecule has 7 nitrogen and oxygen atoms in total. The normalized spacial score (nSPS) is 25.4. The van der Waals surface area contributed by atoms with Gasteiger partial charge in [-0.3, -0.25) is 4.79 Å².